The van der Waals surface area contributed by atoms with Gasteiger partial charge in [-0.2, -0.15) is 0 Å². The average Bonchev–Trinajstić information content (AvgIpc) is 3.66. The third-order valence-electron chi connectivity index (χ3n) is 8.38. The van der Waals surface area contributed by atoms with Crippen LogP contribution in [-0.4, -0.2) is 36.6 Å². The van der Waals surface area contributed by atoms with Gasteiger partial charge in [0.05, 0.1) is 21.6 Å². The number of benzene rings is 3. The van der Waals surface area contributed by atoms with Gasteiger partial charge in [0.2, 0.25) is 0 Å². The third kappa shape index (κ3) is 6.70. The highest BCUT2D eigenvalue weighted by Crippen LogP contribution is 2.37. The molecule has 6 aromatic rings. The van der Waals surface area contributed by atoms with Crippen molar-refractivity contribution in [1.29, 1.82) is 0 Å². The first-order valence-electron chi connectivity index (χ1n) is 15.5. The Kier molecular flexibility index (Phi) is 9.77. The molecule has 3 aromatic carbocycles. The molecule has 0 aliphatic heterocycles. The Morgan fingerprint density at radius 1 is 0.848 bits per heavy atom. The molecular weight excluding hydrogens is 627 g/mol. The van der Waals surface area contributed by atoms with E-state index in [2.05, 4.69) is 111 Å². The van der Waals surface area contributed by atoms with E-state index in [1.807, 2.05) is 12.3 Å². The summed E-state index contributed by atoms with van der Waals surface area (Å²) in [6.45, 7) is 7.81. The molecule has 6 rings (SSSR count). The molecule has 9 heteroatoms. The molecule has 0 N–H and O–H groups in total. The van der Waals surface area contributed by atoms with Gasteiger partial charge in [-0.15, -0.1) is 11.3 Å². The van der Waals surface area contributed by atoms with E-state index >= 15 is 0 Å². The summed E-state index contributed by atoms with van der Waals surface area (Å²) in [6.07, 6.45) is 4.43. The van der Waals surface area contributed by atoms with Crippen LogP contribution in [0.15, 0.2) is 107 Å². The highest BCUT2D eigenvalue weighted by molar-refractivity contribution is 7.16. The summed E-state index contributed by atoms with van der Waals surface area (Å²) in [6, 6.07) is 32.0. The van der Waals surface area contributed by atoms with Crippen molar-refractivity contribution in [1.82, 2.24) is 14.5 Å². The number of pyridine rings is 1. The van der Waals surface area contributed by atoms with Gasteiger partial charge in [-0.1, -0.05) is 105 Å². The molecule has 0 bridgehead atoms. The minimum atomic E-state index is -2.56. The predicted octanol–water partition coefficient (Wildman–Crippen LogP) is 7.09. The Morgan fingerprint density at radius 3 is 2.17 bits per heavy atom. The molecule has 6 nitrogen and oxygen atoms in total. The molecule has 0 aliphatic carbocycles. The number of thiazole rings is 2. The first kappa shape index (κ1) is 32.2. The standard InChI is InChI=1S/C37H39N3O3S2Si/c1-37(2,3)46(30-11-7-5-8-12-30,31-13-9-6-10-14-31)43-22-21-28-16-19-32(38-24-28)35-39-29(25-44-35)18-15-27-17-20-33-34(23-27)45-36(41)40(33)26-42-4/h5-14,16-17,19-20,23-25H,15,18,21-22,26H2,1-4H3. The molecule has 0 saturated heterocycles. The van der Waals surface area contributed by atoms with Crippen molar-refractivity contribution in [3.63, 3.8) is 0 Å². The number of hydrogen-bond donors (Lipinski definition) is 0. The Labute approximate surface area is 279 Å². The normalized spacial score (nSPS) is 12.2. The van der Waals surface area contributed by atoms with Crippen molar-refractivity contribution in [2.24, 2.45) is 0 Å². The van der Waals surface area contributed by atoms with Gasteiger partial charge in [-0.05, 0) is 64.0 Å². The number of aromatic nitrogens is 3. The first-order chi connectivity index (χ1) is 22.3. The fraction of sp³-hybridized carbons (Fsp3) is 0.270. The second-order valence-corrected chi connectivity index (χ2v) is 18.6. The van der Waals surface area contributed by atoms with Gasteiger partial charge in [-0.25, -0.2) is 4.98 Å². The molecular formula is C37H39N3O3S2Si. The van der Waals surface area contributed by atoms with E-state index in [0.717, 1.165) is 51.4 Å². The number of nitrogens with zero attached hydrogens (tertiary/aromatic N) is 3. The van der Waals surface area contributed by atoms with E-state index in [-0.39, 0.29) is 16.6 Å². The lowest BCUT2D eigenvalue weighted by atomic mass is 10.1. The van der Waals surface area contributed by atoms with Gasteiger partial charge in [0, 0.05) is 25.3 Å². The molecule has 3 aromatic heterocycles. The lowest BCUT2D eigenvalue weighted by Crippen LogP contribution is -2.66. The number of rotatable bonds is 12. The zero-order valence-corrected chi connectivity index (χ0v) is 29.4. The molecule has 236 valence electrons. The maximum atomic E-state index is 12.3. The number of methoxy groups -OCH3 is 1. The maximum Gasteiger partial charge on any atom is 0.310 e. The molecule has 0 unspecified atom stereocenters. The fourth-order valence-corrected chi connectivity index (χ4v) is 12.4. The van der Waals surface area contributed by atoms with Crippen LogP contribution in [-0.2, 0) is 35.2 Å². The lowest BCUT2D eigenvalue weighted by molar-refractivity contribution is 0.133. The molecule has 0 aliphatic rings. The van der Waals surface area contributed by atoms with Crippen molar-refractivity contribution in [2.45, 2.75) is 51.8 Å². The van der Waals surface area contributed by atoms with Crippen molar-refractivity contribution >= 4 is 51.6 Å². The number of ether oxygens (including phenoxy) is 1. The van der Waals surface area contributed by atoms with E-state index in [4.69, 9.17) is 19.1 Å². The van der Waals surface area contributed by atoms with E-state index < -0.39 is 8.32 Å². The zero-order chi connectivity index (χ0) is 32.1. The highest BCUT2D eigenvalue weighted by atomic mass is 32.1. The Hall–Kier alpha value is -3.73. The molecule has 0 spiro atoms. The van der Waals surface area contributed by atoms with Crippen LogP contribution in [0, 0.1) is 0 Å². The SMILES string of the molecule is COCn1c(=O)sc2cc(CCc3csc(-c4ccc(CCO[Si](c5ccccc5)(c5ccccc5)C(C)(C)C)cn4)n3)ccc21. The third-order valence-corrected chi connectivity index (χ3v) is 15.3. The topological polar surface area (TPSA) is 66.2 Å². The van der Waals surface area contributed by atoms with Crippen molar-refractivity contribution in [3.8, 4) is 10.7 Å². The molecule has 0 radical (unpaired) electrons. The number of hydrogen-bond acceptors (Lipinski definition) is 7. The molecule has 0 fully saturated rings. The van der Waals surface area contributed by atoms with Crippen molar-refractivity contribution in [2.75, 3.05) is 13.7 Å². The highest BCUT2D eigenvalue weighted by Gasteiger charge is 2.49. The van der Waals surface area contributed by atoms with E-state index in [9.17, 15) is 4.79 Å². The van der Waals surface area contributed by atoms with Crippen LogP contribution in [0.5, 0.6) is 0 Å². The predicted molar refractivity (Wildman–Crippen MR) is 193 cm³/mol. The Balaban J connectivity index is 1.10. The lowest BCUT2D eigenvalue weighted by Gasteiger charge is -2.43. The van der Waals surface area contributed by atoms with Crippen LogP contribution in [0.3, 0.4) is 0 Å². The summed E-state index contributed by atoms with van der Waals surface area (Å²) in [5.41, 5.74) is 5.19. The Bertz CT molecular complexity index is 1910. The first-order valence-corrected chi connectivity index (χ1v) is 19.1. The molecule has 0 saturated carbocycles. The van der Waals surface area contributed by atoms with Crippen LogP contribution in [0.1, 0.15) is 37.6 Å². The minimum absolute atomic E-state index is 0.00317. The van der Waals surface area contributed by atoms with Gasteiger partial charge in [0.1, 0.15) is 11.7 Å². The van der Waals surface area contributed by atoms with Gasteiger partial charge in [-0.3, -0.25) is 14.3 Å². The summed E-state index contributed by atoms with van der Waals surface area (Å²) < 4.78 is 14.9. The largest absolute Gasteiger partial charge is 0.407 e. The smallest absolute Gasteiger partial charge is 0.310 e. The van der Waals surface area contributed by atoms with Crippen LogP contribution >= 0.6 is 22.7 Å². The van der Waals surface area contributed by atoms with Crippen molar-refractivity contribution < 1.29 is 9.16 Å². The van der Waals surface area contributed by atoms with E-state index in [0.29, 0.717) is 6.61 Å². The minimum Gasteiger partial charge on any atom is -0.407 e. The van der Waals surface area contributed by atoms with E-state index in [1.165, 1.54) is 27.3 Å². The fourth-order valence-electron chi connectivity index (χ4n) is 6.11. The second-order valence-electron chi connectivity index (χ2n) is 12.5. The van der Waals surface area contributed by atoms with Gasteiger partial charge < -0.3 is 9.16 Å². The van der Waals surface area contributed by atoms with Crippen LogP contribution in [0.4, 0.5) is 0 Å². The van der Waals surface area contributed by atoms with Gasteiger partial charge in [0.15, 0.2) is 0 Å². The second kappa shape index (κ2) is 13.9. The zero-order valence-electron chi connectivity index (χ0n) is 26.7. The molecule has 0 amide bonds. The van der Waals surface area contributed by atoms with E-state index in [1.54, 1.807) is 23.0 Å². The summed E-state index contributed by atoms with van der Waals surface area (Å²) in [4.78, 5) is 22.0. The molecule has 46 heavy (non-hydrogen) atoms. The van der Waals surface area contributed by atoms with Gasteiger partial charge >= 0.3 is 4.87 Å². The Morgan fingerprint density at radius 2 is 1.54 bits per heavy atom. The monoisotopic (exact) mass is 665 g/mol. The molecule has 0 atom stereocenters. The van der Waals surface area contributed by atoms with Crippen LogP contribution < -0.4 is 15.2 Å². The quantitative estimate of drug-likeness (QED) is 0.131. The maximum absolute atomic E-state index is 12.3. The average molecular weight is 666 g/mol. The van der Waals surface area contributed by atoms with Crippen LogP contribution in [0.2, 0.25) is 5.04 Å². The summed E-state index contributed by atoms with van der Waals surface area (Å²) in [5.74, 6) is 0. The van der Waals surface area contributed by atoms with Crippen molar-refractivity contribution in [3.05, 3.63) is 129 Å². The number of aryl methyl sites for hydroxylation is 2. The summed E-state index contributed by atoms with van der Waals surface area (Å²) >= 11 is 2.89. The summed E-state index contributed by atoms with van der Waals surface area (Å²) in [5, 5.41) is 5.58. The summed E-state index contributed by atoms with van der Waals surface area (Å²) in [7, 11) is -0.963. The van der Waals surface area contributed by atoms with Gasteiger partial charge in [0.25, 0.3) is 8.32 Å². The number of fused-ring (bicyclic) bond motifs is 1. The van der Waals surface area contributed by atoms with Crippen LogP contribution in [0.25, 0.3) is 20.9 Å². The molecule has 3 heterocycles.